The number of carbonyl (C=O) groups is 1. The second-order valence-electron chi connectivity index (χ2n) is 11.1. The van der Waals surface area contributed by atoms with Gasteiger partial charge in [-0.25, -0.2) is 4.79 Å². The summed E-state index contributed by atoms with van der Waals surface area (Å²) in [6.07, 6.45) is 1.40. The van der Waals surface area contributed by atoms with Crippen LogP contribution in [-0.4, -0.2) is 82.9 Å². The van der Waals surface area contributed by atoms with Crippen molar-refractivity contribution in [2.75, 3.05) is 49.6 Å². The molecule has 0 aliphatic carbocycles. The Labute approximate surface area is 234 Å². The Bertz CT molecular complexity index is 1470. The highest BCUT2D eigenvalue weighted by Gasteiger charge is 2.35. The Morgan fingerprint density at radius 1 is 1.10 bits per heavy atom. The van der Waals surface area contributed by atoms with Gasteiger partial charge in [-0.05, 0) is 50.4 Å². The Morgan fingerprint density at radius 3 is 2.67 bits per heavy atom. The van der Waals surface area contributed by atoms with Crippen molar-refractivity contribution in [1.82, 2.24) is 19.8 Å². The summed E-state index contributed by atoms with van der Waals surface area (Å²) < 4.78 is 6.22. The van der Waals surface area contributed by atoms with Crippen molar-refractivity contribution in [3.63, 3.8) is 0 Å². The van der Waals surface area contributed by atoms with Gasteiger partial charge in [0.25, 0.3) is 0 Å². The third kappa shape index (κ3) is 4.86. The van der Waals surface area contributed by atoms with Gasteiger partial charge in [-0.3, -0.25) is 0 Å². The van der Waals surface area contributed by atoms with Crippen LogP contribution in [0.5, 0.6) is 6.01 Å². The second kappa shape index (κ2) is 10.8. The van der Waals surface area contributed by atoms with Crippen LogP contribution >= 0.6 is 0 Å². The smallest absolute Gasteiger partial charge is 0.407 e. The molecule has 3 aliphatic rings. The molecule has 3 aromatic rings. The fraction of sp³-hybridized carbons (Fsp3) is 0.467. The minimum absolute atomic E-state index is 0.134. The Hall–Kier alpha value is -4.10. The molecule has 3 aliphatic heterocycles. The lowest BCUT2D eigenvalue weighted by molar-refractivity contribution is 0.119. The van der Waals surface area contributed by atoms with Crippen LogP contribution in [-0.2, 0) is 13.1 Å². The molecule has 2 saturated heterocycles. The number of anilines is 2. The molecule has 10 heteroatoms. The van der Waals surface area contributed by atoms with Crippen molar-refractivity contribution >= 4 is 28.4 Å². The van der Waals surface area contributed by atoms with E-state index < -0.39 is 12.1 Å². The van der Waals surface area contributed by atoms with Gasteiger partial charge < -0.3 is 29.4 Å². The van der Waals surface area contributed by atoms with Gasteiger partial charge in [0.2, 0.25) is 0 Å². The van der Waals surface area contributed by atoms with E-state index in [9.17, 15) is 15.2 Å². The van der Waals surface area contributed by atoms with E-state index in [-0.39, 0.29) is 6.42 Å². The van der Waals surface area contributed by atoms with Crippen LogP contribution in [0, 0.1) is 18.3 Å². The molecule has 4 heterocycles. The number of fused-ring (bicyclic) bond motifs is 2. The van der Waals surface area contributed by atoms with Crippen molar-refractivity contribution in [1.29, 1.82) is 5.26 Å². The quantitative estimate of drug-likeness (QED) is 0.495. The van der Waals surface area contributed by atoms with Crippen LogP contribution in [0.4, 0.5) is 16.3 Å². The Balaban J connectivity index is 1.35. The summed E-state index contributed by atoms with van der Waals surface area (Å²) >= 11 is 0. The SMILES string of the molecule is Cc1cccc2cccc(N3Cc4nc(OCC5CCCN5C)nc(N5CCN(C(=O)O)C(CC#N)C5)c4C3)c12. The van der Waals surface area contributed by atoms with E-state index in [0.29, 0.717) is 51.4 Å². The maximum atomic E-state index is 11.8. The molecule has 0 radical (unpaired) electrons. The molecule has 2 aromatic carbocycles. The number of nitriles is 1. The topological polar surface area (TPSA) is 109 Å². The first kappa shape index (κ1) is 26.1. The normalized spacial score (nSPS) is 21.1. The maximum absolute atomic E-state index is 11.8. The Morgan fingerprint density at radius 2 is 1.93 bits per heavy atom. The van der Waals surface area contributed by atoms with Crippen LogP contribution < -0.4 is 14.5 Å². The molecule has 2 fully saturated rings. The number of amides is 1. The third-order valence-electron chi connectivity index (χ3n) is 8.60. The molecule has 0 saturated carbocycles. The minimum Gasteiger partial charge on any atom is -0.465 e. The number of carboxylic acid groups (broad SMARTS) is 1. The monoisotopic (exact) mass is 541 g/mol. The molecule has 1 amide bonds. The van der Waals surface area contributed by atoms with Crippen molar-refractivity contribution < 1.29 is 14.6 Å². The van der Waals surface area contributed by atoms with Crippen LogP contribution in [0.2, 0.25) is 0 Å². The average Bonchev–Trinajstić information content (AvgIpc) is 3.57. The van der Waals surface area contributed by atoms with Gasteiger partial charge in [0, 0.05) is 48.9 Å². The number of aromatic nitrogens is 2. The zero-order valence-corrected chi connectivity index (χ0v) is 23.1. The van der Waals surface area contributed by atoms with Gasteiger partial charge in [-0.2, -0.15) is 15.2 Å². The fourth-order valence-electron chi connectivity index (χ4n) is 6.42. The van der Waals surface area contributed by atoms with Gasteiger partial charge in [-0.15, -0.1) is 0 Å². The molecule has 40 heavy (non-hydrogen) atoms. The lowest BCUT2D eigenvalue weighted by atomic mass is 10.0. The number of hydrogen-bond acceptors (Lipinski definition) is 8. The van der Waals surface area contributed by atoms with Gasteiger partial charge in [0.15, 0.2) is 0 Å². The highest BCUT2D eigenvalue weighted by Crippen LogP contribution is 2.38. The van der Waals surface area contributed by atoms with E-state index in [1.165, 1.54) is 21.2 Å². The fourth-order valence-corrected chi connectivity index (χ4v) is 6.42. The average molecular weight is 542 g/mol. The molecule has 1 aromatic heterocycles. The van der Waals surface area contributed by atoms with Crippen molar-refractivity contribution in [2.45, 2.75) is 51.4 Å². The predicted octanol–water partition coefficient (Wildman–Crippen LogP) is 4.01. The number of ether oxygens (including phenoxy) is 1. The number of benzene rings is 2. The van der Waals surface area contributed by atoms with E-state index in [4.69, 9.17) is 14.7 Å². The molecule has 2 unspecified atom stereocenters. The first-order chi connectivity index (χ1) is 19.4. The maximum Gasteiger partial charge on any atom is 0.407 e. The highest BCUT2D eigenvalue weighted by atomic mass is 16.5. The number of likely N-dealkylation sites (N-methyl/N-ethyl adjacent to an activating group) is 1. The first-order valence-corrected chi connectivity index (χ1v) is 14.0. The third-order valence-corrected chi connectivity index (χ3v) is 8.60. The standard InChI is InChI=1S/C30H35N7O3/c1-20-6-3-7-21-8-4-10-26(27(20)21)36-17-24-25(18-36)32-29(40-19-23-9-5-13-34(23)2)33-28(24)35-14-15-37(30(38)39)22(16-35)11-12-31/h3-4,6-8,10,22-23H,5,9,11,13-19H2,1-2H3,(H,38,39). The molecule has 6 rings (SSSR count). The van der Waals surface area contributed by atoms with Crippen molar-refractivity contribution in [3.8, 4) is 12.1 Å². The molecule has 208 valence electrons. The van der Waals surface area contributed by atoms with Crippen LogP contribution in [0.1, 0.15) is 36.1 Å². The van der Waals surface area contributed by atoms with Gasteiger partial charge in [0.1, 0.15) is 12.4 Å². The summed E-state index contributed by atoms with van der Waals surface area (Å²) in [7, 11) is 2.12. The summed E-state index contributed by atoms with van der Waals surface area (Å²) in [5, 5.41) is 21.5. The van der Waals surface area contributed by atoms with Crippen LogP contribution in [0.25, 0.3) is 10.8 Å². The van der Waals surface area contributed by atoms with Gasteiger partial charge >= 0.3 is 12.1 Å². The number of piperazine rings is 1. The van der Waals surface area contributed by atoms with Crippen LogP contribution in [0.3, 0.4) is 0 Å². The second-order valence-corrected chi connectivity index (χ2v) is 11.1. The summed E-state index contributed by atoms with van der Waals surface area (Å²) in [6.45, 7) is 6.24. The summed E-state index contributed by atoms with van der Waals surface area (Å²) in [5.41, 5.74) is 4.36. The first-order valence-electron chi connectivity index (χ1n) is 14.0. The molecule has 1 N–H and O–H groups in total. The molecule has 0 bridgehead atoms. The van der Waals surface area contributed by atoms with E-state index in [1.807, 2.05) is 0 Å². The summed E-state index contributed by atoms with van der Waals surface area (Å²) in [4.78, 5) is 29.8. The molecular formula is C30H35N7O3. The molecule has 10 nitrogen and oxygen atoms in total. The van der Waals surface area contributed by atoms with E-state index in [1.54, 1.807) is 0 Å². The Kier molecular flexibility index (Phi) is 7.07. The number of rotatable bonds is 6. The largest absolute Gasteiger partial charge is 0.465 e. The summed E-state index contributed by atoms with van der Waals surface area (Å²) in [5.74, 6) is 0.784. The zero-order valence-electron chi connectivity index (χ0n) is 23.1. The van der Waals surface area contributed by atoms with Gasteiger partial charge in [-0.1, -0.05) is 30.3 Å². The predicted molar refractivity (Wildman–Crippen MR) is 153 cm³/mol. The van der Waals surface area contributed by atoms with Crippen molar-refractivity contribution in [2.24, 2.45) is 0 Å². The van der Waals surface area contributed by atoms with Gasteiger partial charge in [0.05, 0.1) is 30.8 Å². The highest BCUT2D eigenvalue weighted by molar-refractivity contribution is 5.97. The van der Waals surface area contributed by atoms with Crippen molar-refractivity contribution in [3.05, 3.63) is 53.2 Å². The molecule has 0 spiro atoms. The molecule has 2 atom stereocenters. The zero-order chi connectivity index (χ0) is 27.8. The van der Waals surface area contributed by atoms with E-state index >= 15 is 0 Å². The van der Waals surface area contributed by atoms with E-state index in [2.05, 4.69) is 71.1 Å². The number of aryl methyl sites for hydroxylation is 1. The number of nitrogens with zero attached hydrogens (tertiary/aromatic N) is 7. The molecular weight excluding hydrogens is 506 g/mol. The number of likely N-dealkylation sites (tertiary alicyclic amines) is 1. The lowest BCUT2D eigenvalue weighted by Crippen LogP contribution is -2.55. The minimum atomic E-state index is -0.991. The summed E-state index contributed by atoms with van der Waals surface area (Å²) in [6, 6.07) is 15.2. The van der Waals surface area contributed by atoms with Crippen LogP contribution in [0.15, 0.2) is 36.4 Å². The lowest BCUT2D eigenvalue weighted by Gasteiger charge is -2.40. The van der Waals surface area contributed by atoms with E-state index in [0.717, 1.165) is 42.1 Å². The number of hydrogen-bond donors (Lipinski definition) is 1.